The fourth-order valence-corrected chi connectivity index (χ4v) is 2.36. The van der Waals surface area contributed by atoms with Gasteiger partial charge in [-0.2, -0.15) is 0 Å². The lowest BCUT2D eigenvalue weighted by molar-refractivity contribution is 0.132. The van der Waals surface area contributed by atoms with Crippen molar-refractivity contribution in [1.82, 2.24) is 4.90 Å². The van der Waals surface area contributed by atoms with Crippen molar-refractivity contribution in [3.05, 3.63) is 29.8 Å². The monoisotopic (exact) mass is 234 g/mol. The number of aliphatic hydroxyl groups is 1. The number of piperidine rings is 1. The van der Waals surface area contributed by atoms with Gasteiger partial charge in [-0.25, -0.2) is 0 Å². The highest BCUT2D eigenvalue weighted by molar-refractivity contribution is 5.39. The number of likely N-dealkylation sites (tertiary alicyclic amines) is 1. The van der Waals surface area contributed by atoms with Crippen LogP contribution in [0.5, 0.6) is 0 Å². The summed E-state index contributed by atoms with van der Waals surface area (Å²) in [6, 6.07) is 8.15. The van der Waals surface area contributed by atoms with E-state index in [9.17, 15) is 0 Å². The Hall–Kier alpha value is -1.06. The highest BCUT2D eigenvalue weighted by Gasteiger charge is 2.17. The molecule has 1 heterocycles. The first kappa shape index (κ1) is 12.4. The maximum atomic E-state index is 9.08. The molecule has 1 aromatic rings. The Morgan fingerprint density at radius 3 is 2.41 bits per heavy atom. The van der Waals surface area contributed by atoms with Gasteiger partial charge in [-0.3, -0.25) is 0 Å². The molecule has 0 bridgehead atoms. The predicted molar refractivity (Wildman–Crippen MR) is 70.8 cm³/mol. The number of hydrogen-bond acceptors (Lipinski definition) is 3. The summed E-state index contributed by atoms with van der Waals surface area (Å²) < 4.78 is 0. The second kappa shape index (κ2) is 6.03. The molecular weight excluding hydrogens is 212 g/mol. The lowest BCUT2D eigenvalue weighted by Gasteiger charge is -2.30. The number of aliphatic hydroxyl groups excluding tert-OH is 1. The van der Waals surface area contributed by atoms with Crippen molar-refractivity contribution >= 4 is 5.69 Å². The number of nitrogen functional groups attached to an aromatic ring is 1. The Morgan fingerprint density at radius 2 is 1.82 bits per heavy atom. The lowest BCUT2D eigenvalue weighted by atomic mass is 9.97. The normalized spacial score (nSPS) is 18.4. The molecular formula is C14H22N2O. The molecule has 1 aromatic carbocycles. The Balaban J connectivity index is 1.74. The minimum absolute atomic E-state index is 0.353. The van der Waals surface area contributed by atoms with Gasteiger partial charge in [0.2, 0.25) is 0 Å². The van der Waals surface area contributed by atoms with Crippen LogP contribution in [0, 0.1) is 5.92 Å². The lowest BCUT2D eigenvalue weighted by Crippen LogP contribution is -2.36. The van der Waals surface area contributed by atoms with E-state index in [1.54, 1.807) is 0 Å². The van der Waals surface area contributed by atoms with Crippen molar-refractivity contribution in [2.45, 2.75) is 19.3 Å². The number of nitrogens with two attached hydrogens (primary N) is 1. The summed E-state index contributed by atoms with van der Waals surface area (Å²) in [6.07, 6.45) is 3.36. The molecule has 0 spiro atoms. The van der Waals surface area contributed by atoms with Gasteiger partial charge in [-0.1, -0.05) is 12.1 Å². The Kier molecular flexibility index (Phi) is 4.40. The highest BCUT2D eigenvalue weighted by atomic mass is 16.3. The van der Waals surface area contributed by atoms with Gasteiger partial charge < -0.3 is 15.7 Å². The average Bonchev–Trinajstić information content (AvgIpc) is 2.39. The molecule has 1 aliphatic heterocycles. The van der Waals surface area contributed by atoms with Crippen LogP contribution in [0.25, 0.3) is 0 Å². The van der Waals surface area contributed by atoms with E-state index in [0.717, 1.165) is 44.6 Å². The summed E-state index contributed by atoms with van der Waals surface area (Å²) >= 11 is 0. The van der Waals surface area contributed by atoms with E-state index in [1.807, 2.05) is 12.1 Å². The van der Waals surface area contributed by atoms with Crippen LogP contribution < -0.4 is 5.73 Å². The Bertz CT molecular complexity index is 329. The molecule has 17 heavy (non-hydrogen) atoms. The van der Waals surface area contributed by atoms with Crippen LogP contribution in [0.2, 0.25) is 0 Å². The van der Waals surface area contributed by atoms with E-state index in [2.05, 4.69) is 17.0 Å². The van der Waals surface area contributed by atoms with Gasteiger partial charge in [0.15, 0.2) is 0 Å². The first-order chi connectivity index (χ1) is 8.28. The Morgan fingerprint density at radius 1 is 1.18 bits per heavy atom. The summed E-state index contributed by atoms with van der Waals surface area (Å²) in [5.41, 5.74) is 7.84. The second-order valence-corrected chi connectivity index (χ2v) is 4.96. The quantitative estimate of drug-likeness (QED) is 0.777. The zero-order valence-corrected chi connectivity index (χ0v) is 10.3. The molecule has 1 aliphatic rings. The molecule has 0 amide bonds. The molecule has 0 radical (unpaired) electrons. The molecule has 3 N–H and O–H groups in total. The van der Waals surface area contributed by atoms with Crippen LogP contribution >= 0.6 is 0 Å². The van der Waals surface area contributed by atoms with Gasteiger partial charge in [0.25, 0.3) is 0 Å². The van der Waals surface area contributed by atoms with Crippen LogP contribution in [0.3, 0.4) is 0 Å². The maximum Gasteiger partial charge on any atom is 0.0460 e. The molecule has 0 unspecified atom stereocenters. The van der Waals surface area contributed by atoms with Crippen molar-refractivity contribution in [2.24, 2.45) is 5.92 Å². The second-order valence-electron chi connectivity index (χ2n) is 4.96. The fourth-order valence-electron chi connectivity index (χ4n) is 2.36. The number of nitrogens with zero attached hydrogens (tertiary/aromatic N) is 1. The van der Waals surface area contributed by atoms with Crippen molar-refractivity contribution in [2.75, 3.05) is 32.0 Å². The molecule has 3 heteroatoms. The summed E-state index contributed by atoms with van der Waals surface area (Å²) in [6.45, 7) is 3.72. The van der Waals surface area contributed by atoms with Crippen LogP contribution in [0.1, 0.15) is 18.4 Å². The smallest absolute Gasteiger partial charge is 0.0460 e. The zero-order chi connectivity index (χ0) is 12.1. The number of anilines is 1. The third-order valence-corrected chi connectivity index (χ3v) is 3.66. The first-order valence-corrected chi connectivity index (χ1v) is 6.45. The molecule has 0 atom stereocenters. The van der Waals surface area contributed by atoms with E-state index in [1.165, 1.54) is 5.56 Å². The zero-order valence-electron chi connectivity index (χ0n) is 10.3. The summed E-state index contributed by atoms with van der Waals surface area (Å²) in [7, 11) is 0. The van der Waals surface area contributed by atoms with Crippen molar-refractivity contribution < 1.29 is 5.11 Å². The molecule has 94 valence electrons. The average molecular weight is 234 g/mol. The van der Waals surface area contributed by atoms with Crippen LogP contribution in [-0.2, 0) is 6.42 Å². The number of rotatable bonds is 4. The van der Waals surface area contributed by atoms with Gasteiger partial charge in [0.05, 0.1) is 0 Å². The highest BCUT2D eigenvalue weighted by Crippen LogP contribution is 2.16. The van der Waals surface area contributed by atoms with E-state index >= 15 is 0 Å². The van der Waals surface area contributed by atoms with Crippen LogP contribution in [0.4, 0.5) is 5.69 Å². The van der Waals surface area contributed by atoms with Crippen molar-refractivity contribution in [1.29, 1.82) is 0 Å². The minimum Gasteiger partial charge on any atom is -0.399 e. The molecule has 0 saturated carbocycles. The van der Waals surface area contributed by atoms with E-state index in [0.29, 0.717) is 12.5 Å². The molecule has 1 saturated heterocycles. The fraction of sp³-hybridized carbons (Fsp3) is 0.571. The van der Waals surface area contributed by atoms with Gasteiger partial charge >= 0.3 is 0 Å². The van der Waals surface area contributed by atoms with Crippen LogP contribution in [-0.4, -0.2) is 36.2 Å². The van der Waals surface area contributed by atoms with Gasteiger partial charge in [0.1, 0.15) is 0 Å². The third kappa shape index (κ3) is 3.72. The summed E-state index contributed by atoms with van der Waals surface area (Å²) in [4.78, 5) is 2.49. The molecule has 0 aromatic heterocycles. The first-order valence-electron chi connectivity index (χ1n) is 6.45. The number of benzene rings is 1. The standard InChI is InChI=1S/C14H22N2O/c15-14-3-1-12(2-4-14)5-8-16-9-6-13(11-17)7-10-16/h1-4,13,17H,5-11,15H2. The van der Waals surface area contributed by atoms with Gasteiger partial charge in [-0.05, 0) is 56.0 Å². The number of hydrogen-bond donors (Lipinski definition) is 2. The molecule has 0 aliphatic carbocycles. The largest absolute Gasteiger partial charge is 0.399 e. The van der Waals surface area contributed by atoms with E-state index in [-0.39, 0.29) is 0 Å². The molecule has 1 fully saturated rings. The topological polar surface area (TPSA) is 49.5 Å². The van der Waals surface area contributed by atoms with Gasteiger partial charge in [0, 0.05) is 18.8 Å². The Labute approximate surface area is 103 Å². The van der Waals surface area contributed by atoms with Gasteiger partial charge in [-0.15, -0.1) is 0 Å². The predicted octanol–water partition coefficient (Wildman–Crippen LogP) is 1.52. The van der Waals surface area contributed by atoms with Crippen molar-refractivity contribution in [3.63, 3.8) is 0 Å². The molecule has 2 rings (SSSR count). The SMILES string of the molecule is Nc1ccc(CCN2CCC(CO)CC2)cc1. The maximum absolute atomic E-state index is 9.08. The van der Waals surface area contributed by atoms with E-state index in [4.69, 9.17) is 10.8 Å². The molecule has 3 nitrogen and oxygen atoms in total. The van der Waals surface area contributed by atoms with Crippen molar-refractivity contribution in [3.8, 4) is 0 Å². The third-order valence-electron chi connectivity index (χ3n) is 3.66. The minimum atomic E-state index is 0.353. The summed E-state index contributed by atoms with van der Waals surface area (Å²) in [5.74, 6) is 0.530. The van der Waals surface area contributed by atoms with Crippen LogP contribution in [0.15, 0.2) is 24.3 Å². The summed E-state index contributed by atoms with van der Waals surface area (Å²) in [5, 5.41) is 9.08. The van der Waals surface area contributed by atoms with E-state index < -0.39 is 0 Å².